The summed E-state index contributed by atoms with van der Waals surface area (Å²) in [6.07, 6.45) is 0. The fourth-order valence-electron chi connectivity index (χ4n) is 1.59. The van der Waals surface area contributed by atoms with Crippen LogP contribution in [0, 0.1) is 0 Å². The van der Waals surface area contributed by atoms with Gasteiger partial charge in [-0.05, 0) is 12.1 Å². The first-order valence-corrected chi connectivity index (χ1v) is 4.92. The highest BCUT2D eigenvalue weighted by molar-refractivity contribution is 6.03. The average Bonchev–Trinajstić information content (AvgIpc) is 2.30. The molecule has 16 heavy (non-hydrogen) atoms. The number of anilines is 1. The minimum Gasteiger partial charge on any atom is -0.507 e. The Morgan fingerprint density at radius 2 is 1.81 bits per heavy atom. The molecule has 0 bridgehead atoms. The Morgan fingerprint density at radius 1 is 1.12 bits per heavy atom. The van der Waals surface area contributed by atoms with E-state index in [4.69, 9.17) is 0 Å². The van der Waals surface area contributed by atoms with Crippen molar-refractivity contribution < 1.29 is 9.90 Å². The zero-order valence-electron chi connectivity index (χ0n) is 8.82. The molecule has 0 radical (unpaired) electrons. The second-order valence-electron chi connectivity index (χ2n) is 3.38. The second kappa shape index (κ2) is 4.10. The van der Waals surface area contributed by atoms with Crippen molar-refractivity contribution in [2.45, 2.75) is 0 Å². The molecule has 0 aliphatic heterocycles. The molecule has 4 heteroatoms. The number of phenols is 1. The van der Waals surface area contributed by atoms with Crippen molar-refractivity contribution in [2.75, 3.05) is 12.4 Å². The first-order chi connectivity index (χ1) is 7.72. The number of fused-ring (bicyclic) bond motifs is 1. The van der Waals surface area contributed by atoms with E-state index in [1.807, 2.05) is 6.07 Å². The molecule has 0 saturated carbocycles. The van der Waals surface area contributed by atoms with Gasteiger partial charge in [0.1, 0.15) is 5.75 Å². The Hall–Kier alpha value is -2.23. The lowest BCUT2D eigenvalue weighted by atomic mass is 10.1. The van der Waals surface area contributed by atoms with Crippen LogP contribution >= 0.6 is 0 Å². The van der Waals surface area contributed by atoms with Crippen LogP contribution in [-0.4, -0.2) is 18.2 Å². The fraction of sp³-hybridized carbons (Fsp3) is 0.0833. The molecule has 3 N–H and O–H groups in total. The van der Waals surface area contributed by atoms with Gasteiger partial charge in [0.05, 0.1) is 5.69 Å². The first kappa shape index (κ1) is 10.3. The maximum absolute atomic E-state index is 11.2. The minimum atomic E-state index is -0.282. The second-order valence-corrected chi connectivity index (χ2v) is 3.38. The van der Waals surface area contributed by atoms with Gasteiger partial charge < -0.3 is 15.7 Å². The van der Waals surface area contributed by atoms with E-state index in [-0.39, 0.29) is 11.8 Å². The monoisotopic (exact) mass is 216 g/mol. The number of hydrogen-bond donors (Lipinski definition) is 3. The van der Waals surface area contributed by atoms with E-state index < -0.39 is 0 Å². The van der Waals surface area contributed by atoms with Gasteiger partial charge in [-0.3, -0.25) is 0 Å². The lowest BCUT2D eigenvalue weighted by Gasteiger charge is -2.08. The molecule has 0 saturated heterocycles. The summed E-state index contributed by atoms with van der Waals surface area (Å²) in [6, 6.07) is 10.3. The lowest BCUT2D eigenvalue weighted by Crippen LogP contribution is -2.24. The molecule has 4 nitrogen and oxygen atoms in total. The summed E-state index contributed by atoms with van der Waals surface area (Å²) in [4.78, 5) is 11.2. The summed E-state index contributed by atoms with van der Waals surface area (Å²) in [7, 11) is 1.55. The topological polar surface area (TPSA) is 61.4 Å². The zero-order valence-corrected chi connectivity index (χ0v) is 8.82. The van der Waals surface area contributed by atoms with Crippen LogP contribution in [0.1, 0.15) is 0 Å². The van der Waals surface area contributed by atoms with Crippen LogP contribution in [0.5, 0.6) is 5.75 Å². The third kappa shape index (κ3) is 1.77. The summed E-state index contributed by atoms with van der Waals surface area (Å²) in [6.45, 7) is 0. The third-order valence-electron chi connectivity index (χ3n) is 2.37. The van der Waals surface area contributed by atoms with E-state index in [2.05, 4.69) is 10.6 Å². The summed E-state index contributed by atoms with van der Waals surface area (Å²) in [5.41, 5.74) is 0.674. The number of rotatable bonds is 1. The van der Waals surface area contributed by atoms with Crippen molar-refractivity contribution in [2.24, 2.45) is 0 Å². The number of amides is 2. The molecule has 82 valence electrons. The van der Waals surface area contributed by atoms with Crippen LogP contribution in [0.2, 0.25) is 0 Å². The number of aromatic hydroxyl groups is 1. The predicted molar refractivity (Wildman–Crippen MR) is 63.7 cm³/mol. The van der Waals surface area contributed by atoms with Gasteiger partial charge in [-0.25, -0.2) is 4.79 Å². The number of hydrogen-bond acceptors (Lipinski definition) is 2. The van der Waals surface area contributed by atoms with Crippen molar-refractivity contribution in [1.82, 2.24) is 5.32 Å². The molecule has 0 fully saturated rings. The van der Waals surface area contributed by atoms with Crippen LogP contribution in [0.15, 0.2) is 36.4 Å². The molecular formula is C12H12N2O2. The maximum Gasteiger partial charge on any atom is 0.318 e. The van der Waals surface area contributed by atoms with Crippen LogP contribution in [0.4, 0.5) is 10.5 Å². The molecule has 0 unspecified atom stereocenters. The quantitative estimate of drug-likeness (QED) is 0.685. The van der Waals surface area contributed by atoms with Crippen molar-refractivity contribution in [3.8, 4) is 5.75 Å². The van der Waals surface area contributed by atoms with Gasteiger partial charge in [-0.2, -0.15) is 0 Å². The number of phenolic OH excluding ortho intramolecular Hbond substituents is 1. The van der Waals surface area contributed by atoms with E-state index in [9.17, 15) is 9.90 Å². The van der Waals surface area contributed by atoms with Crippen molar-refractivity contribution >= 4 is 22.5 Å². The average molecular weight is 216 g/mol. The highest BCUT2D eigenvalue weighted by atomic mass is 16.3. The summed E-state index contributed by atoms with van der Waals surface area (Å²) in [5.74, 6) is 0.207. The highest BCUT2D eigenvalue weighted by Gasteiger charge is 2.05. The van der Waals surface area contributed by atoms with Gasteiger partial charge in [0.25, 0.3) is 0 Å². The minimum absolute atomic E-state index is 0.207. The van der Waals surface area contributed by atoms with Gasteiger partial charge >= 0.3 is 6.03 Å². The Morgan fingerprint density at radius 3 is 2.56 bits per heavy atom. The summed E-state index contributed by atoms with van der Waals surface area (Å²) >= 11 is 0. The molecule has 0 aromatic heterocycles. The Kier molecular flexibility index (Phi) is 2.64. The Bertz CT molecular complexity index is 538. The molecular weight excluding hydrogens is 204 g/mol. The third-order valence-corrected chi connectivity index (χ3v) is 2.37. The fourth-order valence-corrected chi connectivity index (χ4v) is 1.59. The number of urea groups is 1. The van der Waals surface area contributed by atoms with Crippen LogP contribution in [0.3, 0.4) is 0 Å². The van der Waals surface area contributed by atoms with Crippen LogP contribution < -0.4 is 10.6 Å². The largest absolute Gasteiger partial charge is 0.507 e. The lowest BCUT2D eigenvalue weighted by molar-refractivity contribution is 0.254. The molecule has 2 rings (SSSR count). The van der Waals surface area contributed by atoms with Gasteiger partial charge in [0.2, 0.25) is 0 Å². The molecule has 0 atom stereocenters. The number of nitrogens with one attached hydrogen (secondary N) is 2. The summed E-state index contributed by atoms with van der Waals surface area (Å²) in [5, 5.41) is 16.4. The molecule has 0 aliphatic rings. The Balaban J connectivity index is 2.54. The molecule has 0 heterocycles. The van der Waals surface area contributed by atoms with Crippen LogP contribution in [0.25, 0.3) is 10.8 Å². The SMILES string of the molecule is CNC(=O)Nc1cccc2c(O)cccc12. The number of carbonyl (C=O) groups excluding carboxylic acids is 1. The van der Waals surface area contributed by atoms with Crippen molar-refractivity contribution in [3.05, 3.63) is 36.4 Å². The number of carbonyl (C=O) groups is 1. The normalized spacial score (nSPS) is 10.1. The Labute approximate surface area is 92.9 Å². The first-order valence-electron chi connectivity index (χ1n) is 4.92. The van der Waals surface area contributed by atoms with Crippen molar-refractivity contribution in [1.29, 1.82) is 0 Å². The van der Waals surface area contributed by atoms with Gasteiger partial charge in [-0.15, -0.1) is 0 Å². The van der Waals surface area contributed by atoms with Gasteiger partial charge in [0.15, 0.2) is 0 Å². The van der Waals surface area contributed by atoms with Gasteiger partial charge in [0, 0.05) is 17.8 Å². The van der Waals surface area contributed by atoms with E-state index in [1.54, 1.807) is 37.4 Å². The highest BCUT2D eigenvalue weighted by Crippen LogP contribution is 2.29. The molecule has 2 aromatic carbocycles. The molecule has 2 aromatic rings. The van der Waals surface area contributed by atoms with Crippen LogP contribution in [-0.2, 0) is 0 Å². The van der Waals surface area contributed by atoms with E-state index in [1.165, 1.54) is 0 Å². The molecule has 2 amide bonds. The van der Waals surface area contributed by atoms with E-state index in [0.29, 0.717) is 5.69 Å². The molecule has 0 spiro atoms. The summed E-state index contributed by atoms with van der Waals surface area (Å²) < 4.78 is 0. The van der Waals surface area contributed by atoms with Gasteiger partial charge in [-0.1, -0.05) is 24.3 Å². The smallest absolute Gasteiger partial charge is 0.318 e. The standard InChI is InChI=1S/C12H12N2O2/c1-13-12(16)14-10-6-2-5-9-8(10)4-3-7-11(9)15/h2-7,15H,1H3,(H2,13,14,16). The molecule has 0 aliphatic carbocycles. The zero-order chi connectivity index (χ0) is 11.5. The predicted octanol–water partition coefficient (Wildman–Crippen LogP) is 2.30. The van der Waals surface area contributed by atoms with Crippen molar-refractivity contribution in [3.63, 3.8) is 0 Å². The number of benzene rings is 2. The maximum atomic E-state index is 11.2. The van der Waals surface area contributed by atoms with E-state index in [0.717, 1.165) is 10.8 Å². The van der Waals surface area contributed by atoms with E-state index >= 15 is 0 Å².